The van der Waals surface area contributed by atoms with Crippen molar-refractivity contribution in [3.05, 3.63) is 53.8 Å². The van der Waals surface area contributed by atoms with Crippen LogP contribution in [0.4, 0.5) is 4.39 Å². The number of carbonyl (C=O) groups is 1. The molecule has 0 unspecified atom stereocenters. The molecule has 156 valence electrons. The van der Waals surface area contributed by atoms with Gasteiger partial charge in [0, 0.05) is 31.7 Å². The van der Waals surface area contributed by atoms with Gasteiger partial charge in [0.2, 0.25) is 10.0 Å². The number of ether oxygens (including phenoxy) is 2. The van der Waals surface area contributed by atoms with Crippen LogP contribution in [-0.4, -0.2) is 70.3 Å². The Morgan fingerprint density at radius 2 is 1.59 bits per heavy atom. The summed E-state index contributed by atoms with van der Waals surface area (Å²) < 4.78 is 50.2. The number of benzene rings is 2. The molecule has 29 heavy (non-hydrogen) atoms. The molecular weight excluding hydrogens is 399 g/mol. The van der Waals surface area contributed by atoms with Gasteiger partial charge in [0.05, 0.1) is 25.7 Å². The second-order valence-corrected chi connectivity index (χ2v) is 8.57. The first-order valence-corrected chi connectivity index (χ1v) is 10.5. The van der Waals surface area contributed by atoms with Crippen LogP contribution < -0.4 is 9.47 Å². The monoisotopic (exact) mass is 422 g/mol. The highest BCUT2D eigenvalue weighted by molar-refractivity contribution is 7.89. The van der Waals surface area contributed by atoms with Gasteiger partial charge < -0.3 is 9.47 Å². The molecule has 0 radical (unpaired) electrons. The van der Waals surface area contributed by atoms with E-state index in [1.807, 2.05) is 4.90 Å². The van der Waals surface area contributed by atoms with E-state index in [9.17, 15) is 17.6 Å². The number of methoxy groups -OCH3 is 2. The van der Waals surface area contributed by atoms with Crippen molar-refractivity contribution in [1.29, 1.82) is 0 Å². The lowest BCUT2D eigenvalue weighted by Crippen LogP contribution is -2.49. The predicted molar refractivity (Wildman–Crippen MR) is 105 cm³/mol. The van der Waals surface area contributed by atoms with Crippen LogP contribution in [-0.2, 0) is 10.0 Å². The van der Waals surface area contributed by atoms with Gasteiger partial charge in [0.25, 0.3) is 0 Å². The largest absolute Gasteiger partial charge is 0.493 e. The molecule has 2 aromatic rings. The third-order valence-electron chi connectivity index (χ3n) is 4.86. The van der Waals surface area contributed by atoms with Crippen LogP contribution in [0.2, 0.25) is 0 Å². The molecule has 7 nitrogen and oxygen atoms in total. The molecule has 0 saturated carbocycles. The summed E-state index contributed by atoms with van der Waals surface area (Å²) >= 11 is 0. The average molecular weight is 422 g/mol. The Morgan fingerprint density at radius 3 is 2.17 bits per heavy atom. The van der Waals surface area contributed by atoms with Gasteiger partial charge in [-0.2, -0.15) is 4.31 Å². The first kappa shape index (κ1) is 21.2. The summed E-state index contributed by atoms with van der Waals surface area (Å²) in [6.07, 6.45) is 0. The Hall–Kier alpha value is -2.49. The van der Waals surface area contributed by atoms with Crippen molar-refractivity contribution < 1.29 is 27.1 Å². The van der Waals surface area contributed by atoms with Gasteiger partial charge in [-0.15, -0.1) is 0 Å². The van der Waals surface area contributed by atoms with E-state index in [2.05, 4.69) is 0 Å². The van der Waals surface area contributed by atoms with Crippen molar-refractivity contribution in [2.45, 2.75) is 4.90 Å². The second kappa shape index (κ2) is 8.89. The summed E-state index contributed by atoms with van der Waals surface area (Å²) in [7, 11) is -0.641. The maximum absolute atomic E-state index is 13.1. The van der Waals surface area contributed by atoms with Crippen LogP contribution in [0.25, 0.3) is 0 Å². The molecule has 0 aliphatic carbocycles. The summed E-state index contributed by atoms with van der Waals surface area (Å²) in [5.41, 5.74) is 0.504. The summed E-state index contributed by atoms with van der Waals surface area (Å²) in [5, 5.41) is 0. The Bertz CT molecular complexity index is 971. The minimum atomic E-state index is -3.67. The Balaban J connectivity index is 1.61. The number of nitrogens with zero attached hydrogens (tertiary/aromatic N) is 2. The SMILES string of the molecule is COc1ccc(C(=O)CN2CCN(S(=O)(=O)c3ccc(F)cc3)CC2)cc1OC. The maximum atomic E-state index is 13.1. The smallest absolute Gasteiger partial charge is 0.243 e. The van der Waals surface area contributed by atoms with Gasteiger partial charge in [-0.1, -0.05) is 0 Å². The molecule has 0 aromatic heterocycles. The fraction of sp³-hybridized carbons (Fsp3) is 0.350. The van der Waals surface area contributed by atoms with Crippen LogP contribution in [0.3, 0.4) is 0 Å². The van der Waals surface area contributed by atoms with Crippen molar-refractivity contribution in [2.75, 3.05) is 46.9 Å². The molecule has 3 rings (SSSR count). The number of ketones is 1. The molecule has 2 aromatic carbocycles. The van der Waals surface area contributed by atoms with E-state index in [0.29, 0.717) is 30.2 Å². The molecule has 1 fully saturated rings. The third kappa shape index (κ3) is 4.75. The van der Waals surface area contributed by atoms with Crippen LogP contribution >= 0.6 is 0 Å². The van der Waals surface area contributed by atoms with Crippen molar-refractivity contribution in [2.24, 2.45) is 0 Å². The van der Waals surface area contributed by atoms with Crippen molar-refractivity contribution in [3.63, 3.8) is 0 Å². The summed E-state index contributed by atoms with van der Waals surface area (Å²) in [6, 6.07) is 9.78. The van der Waals surface area contributed by atoms with Gasteiger partial charge in [-0.3, -0.25) is 9.69 Å². The number of piperazine rings is 1. The van der Waals surface area contributed by atoms with E-state index in [-0.39, 0.29) is 30.3 Å². The zero-order valence-electron chi connectivity index (χ0n) is 16.3. The van der Waals surface area contributed by atoms with Crippen LogP contribution in [0, 0.1) is 5.82 Å². The second-order valence-electron chi connectivity index (χ2n) is 6.63. The van der Waals surface area contributed by atoms with E-state index in [1.165, 1.54) is 30.7 Å². The van der Waals surface area contributed by atoms with Gasteiger partial charge in [0.15, 0.2) is 17.3 Å². The van der Waals surface area contributed by atoms with E-state index >= 15 is 0 Å². The number of halogens is 1. The fourth-order valence-corrected chi connectivity index (χ4v) is 4.61. The normalized spacial score (nSPS) is 15.8. The predicted octanol–water partition coefficient (Wildman–Crippen LogP) is 2.03. The molecule has 1 heterocycles. The lowest BCUT2D eigenvalue weighted by Gasteiger charge is -2.33. The third-order valence-corrected chi connectivity index (χ3v) is 6.77. The highest BCUT2D eigenvalue weighted by atomic mass is 32.2. The molecule has 1 aliphatic rings. The van der Waals surface area contributed by atoms with Crippen LogP contribution in [0.15, 0.2) is 47.4 Å². The zero-order valence-corrected chi connectivity index (χ0v) is 17.1. The van der Waals surface area contributed by atoms with Gasteiger partial charge >= 0.3 is 0 Å². The van der Waals surface area contributed by atoms with E-state index < -0.39 is 15.8 Å². The first-order chi connectivity index (χ1) is 13.8. The highest BCUT2D eigenvalue weighted by Crippen LogP contribution is 2.28. The highest BCUT2D eigenvalue weighted by Gasteiger charge is 2.29. The van der Waals surface area contributed by atoms with Crippen molar-refractivity contribution in [1.82, 2.24) is 9.21 Å². The minimum absolute atomic E-state index is 0.0637. The average Bonchev–Trinajstić information content (AvgIpc) is 2.73. The molecule has 0 N–H and O–H groups in total. The van der Waals surface area contributed by atoms with E-state index in [0.717, 1.165) is 12.1 Å². The minimum Gasteiger partial charge on any atom is -0.493 e. The Kier molecular flexibility index (Phi) is 6.51. The first-order valence-electron chi connectivity index (χ1n) is 9.08. The number of rotatable bonds is 7. The lowest BCUT2D eigenvalue weighted by molar-refractivity contribution is 0.0901. The molecule has 9 heteroatoms. The molecule has 0 spiro atoms. The molecule has 0 bridgehead atoms. The van der Waals surface area contributed by atoms with Crippen molar-refractivity contribution in [3.8, 4) is 11.5 Å². The quantitative estimate of drug-likeness (QED) is 0.636. The number of carbonyl (C=O) groups excluding carboxylic acids is 1. The fourth-order valence-electron chi connectivity index (χ4n) is 3.19. The van der Waals surface area contributed by atoms with Crippen molar-refractivity contribution >= 4 is 15.8 Å². The maximum Gasteiger partial charge on any atom is 0.243 e. The van der Waals surface area contributed by atoms with E-state index in [1.54, 1.807) is 18.2 Å². The van der Waals surface area contributed by atoms with Gasteiger partial charge in [0.1, 0.15) is 5.82 Å². The summed E-state index contributed by atoms with van der Waals surface area (Å²) in [4.78, 5) is 14.6. The zero-order chi connectivity index (χ0) is 21.0. The number of sulfonamides is 1. The van der Waals surface area contributed by atoms with E-state index in [4.69, 9.17) is 9.47 Å². The topological polar surface area (TPSA) is 76.2 Å². The Morgan fingerprint density at radius 1 is 0.966 bits per heavy atom. The number of hydrogen-bond donors (Lipinski definition) is 0. The summed E-state index contributed by atoms with van der Waals surface area (Å²) in [5.74, 6) is 0.459. The lowest BCUT2D eigenvalue weighted by atomic mass is 10.1. The molecule has 0 amide bonds. The molecule has 1 saturated heterocycles. The van der Waals surface area contributed by atoms with Gasteiger partial charge in [-0.05, 0) is 42.5 Å². The van der Waals surface area contributed by atoms with Crippen LogP contribution in [0.1, 0.15) is 10.4 Å². The summed E-state index contributed by atoms with van der Waals surface area (Å²) in [6.45, 7) is 1.57. The van der Waals surface area contributed by atoms with Crippen LogP contribution in [0.5, 0.6) is 11.5 Å². The Labute approximate surface area is 169 Å². The molecule has 0 atom stereocenters. The number of hydrogen-bond acceptors (Lipinski definition) is 6. The van der Waals surface area contributed by atoms with Gasteiger partial charge in [-0.25, -0.2) is 12.8 Å². The number of Topliss-reactive ketones (excluding diaryl/α,β-unsaturated/α-hetero) is 1. The standard InChI is InChI=1S/C20H23FN2O5S/c1-27-19-8-3-15(13-20(19)28-2)18(24)14-22-9-11-23(12-10-22)29(25,26)17-6-4-16(21)5-7-17/h3-8,13H,9-12,14H2,1-2H3. The molecular formula is C20H23FN2O5S. The molecule has 1 aliphatic heterocycles.